The molecule has 0 radical (unpaired) electrons. The van der Waals surface area contributed by atoms with E-state index >= 15 is 0 Å². The standard InChI is InChI=1S/C18H24N2O2S/c1-12-7-8-17(23-15-5-3-4-6-15)16(9-12)18(22)19-14-10-20(11-14)13(2)21/h7-9,14-15H,3-6,10-11H2,1-2H3,(H,19,22). The van der Waals surface area contributed by atoms with E-state index in [4.69, 9.17) is 0 Å². The maximum atomic E-state index is 12.6. The van der Waals surface area contributed by atoms with Gasteiger partial charge < -0.3 is 10.2 Å². The summed E-state index contributed by atoms with van der Waals surface area (Å²) in [7, 11) is 0. The molecule has 1 aliphatic carbocycles. The Hall–Kier alpha value is -1.49. The van der Waals surface area contributed by atoms with E-state index in [0.717, 1.165) is 16.0 Å². The van der Waals surface area contributed by atoms with Gasteiger partial charge in [0.15, 0.2) is 0 Å². The van der Waals surface area contributed by atoms with Crippen LogP contribution in [0.4, 0.5) is 0 Å². The lowest BCUT2D eigenvalue weighted by atomic mass is 10.1. The van der Waals surface area contributed by atoms with Crippen LogP contribution in [0.25, 0.3) is 0 Å². The lowest BCUT2D eigenvalue weighted by Gasteiger charge is -2.39. The smallest absolute Gasteiger partial charge is 0.252 e. The minimum absolute atomic E-state index is 0.0117. The Labute approximate surface area is 142 Å². The van der Waals surface area contributed by atoms with Crippen LogP contribution < -0.4 is 5.32 Å². The SMILES string of the molecule is CC(=O)N1CC(NC(=O)c2cc(C)ccc2SC2CCCC2)C1. The number of hydrogen-bond donors (Lipinski definition) is 1. The monoisotopic (exact) mass is 332 g/mol. The average molecular weight is 332 g/mol. The molecule has 5 heteroatoms. The van der Waals surface area contributed by atoms with Crippen molar-refractivity contribution in [2.24, 2.45) is 0 Å². The summed E-state index contributed by atoms with van der Waals surface area (Å²) in [6.07, 6.45) is 5.09. The summed E-state index contributed by atoms with van der Waals surface area (Å²) in [5.41, 5.74) is 1.88. The first-order chi connectivity index (χ1) is 11.0. The molecule has 0 atom stereocenters. The molecule has 2 aliphatic rings. The van der Waals surface area contributed by atoms with Gasteiger partial charge in [0.2, 0.25) is 5.91 Å². The number of carbonyl (C=O) groups is 2. The molecule has 2 fully saturated rings. The molecule has 1 saturated heterocycles. The Bertz CT molecular complexity index is 605. The molecule has 23 heavy (non-hydrogen) atoms. The van der Waals surface area contributed by atoms with Crippen molar-refractivity contribution in [2.45, 2.75) is 55.7 Å². The molecule has 124 valence electrons. The molecule has 1 aliphatic heterocycles. The van der Waals surface area contributed by atoms with Gasteiger partial charge in [-0.1, -0.05) is 24.5 Å². The number of amides is 2. The van der Waals surface area contributed by atoms with Gasteiger partial charge in [-0.2, -0.15) is 0 Å². The first-order valence-corrected chi connectivity index (χ1v) is 9.24. The Balaban J connectivity index is 1.66. The summed E-state index contributed by atoms with van der Waals surface area (Å²) in [6, 6.07) is 6.22. The van der Waals surface area contributed by atoms with E-state index < -0.39 is 0 Å². The highest BCUT2D eigenvalue weighted by molar-refractivity contribution is 8.00. The second kappa shape index (κ2) is 6.95. The van der Waals surface area contributed by atoms with E-state index in [1.165, 1.54) is 25.7 Å². The molecule has 1 N–H and O–H groups in total. The summed E-state index contributed by atoms with van der Waals surface area (Å²) in [6.45, 7) is 4.83. The summed E-state index contributed by atoms with van der Waals surface area (Å²) in [4.78, 5) is 26.7. The van der Waals surface area contributed by atoms with Crippen molar-refractivity contribution in [1.82, 2.24) is 10.2 Å². The van der Waals surface area contributed by atoms with Crippen LogP contribution in [-0.4, -0.2) is 41.1 Å². The van der Waals surface area contributed by atoms with Crippen molar-refractivity contribution in [2.75, 3.05) is 13.1 Å². The molecule has 2 amide bonds. The van der Waals surface area contributed by atoms with Crippen LogP contribution in [0.15, 0.2) is 23.1 Å². The third-order valence-electron chi connectivity index (χ3n) is 4.64. The highest BCUT2D eigenvalue weighted by Crippen LogP contribution is 2.36. The summed E-state index contributed by atoms with van der Waals surface area (Å²) in [5.74, 6) is 0.0610. The van der Waals surface area contributed by atoms with Gasteiger partial charge in [0.25, 0.3) is 5.91 Å². The fraction of sp³-hybridized carbons (Fsp3) is 0.556. The normalized spacial score (nSPS) is 18.8. The van der Waals surface area contributed by atoms with Crippen LogP contribution >= 0.6 is 11.8 Å². The van der Waals surface area contributed by atoms with Crippen molar-refractivity contribution < 1.29 is 9.59 Å². The highest BCUT2D eigenvalue weighted by atomic mass is 32.2. The Morgan fingerprint density at radius 1 is 1.22 bits per heavy atom. The average Bonchev–Trinajstić information content (AvgIpc) is 2.96. The second-order valence-corrected chi connectivity index (χ2v) is 7.96. The Morgan fingerprint density at radius 2 is 1.91 bits per heavy atom. The van der Waals surface area contributed by atoms with Crippen LogP contribution in [0, 0.1) is 6.92 Å². The first kappa shape index (κ1) is 16.4. The van der Waals surface area contributed by atoms with E-state index in [0.29, 0.717) is 18.3 Å². The van der Waals surface area contributed by atoms with Crippen molar-refractivity contribution in [3.63, 3.8) is 0 Å². The summed E-state index contributed by atoms with van der Waals surface area (Å²) >= 11 is 1.85. The van der Waals surface area contributed by atoms with E-state index in [9.17, 15) is 9.59 Å². The lowest BCUT2D eigenvalue weighted by molar-refractivity contribution is -0.133. The minimum atomic E-state index is -0.0117. The van der Waals surface area contributed by atoms with E-state index in [2.05, 4.69) is 17.4 Å². The largest absolute Gasteiger partial charge is 0.346 e. The van der Waals surface area contributed by atoms with Gasteiger partial charge in [-0.05, 0) is 31.9 Å². The van der Waals surface area contributed by atoms with Crippen molar-refractivity contribution in [1.29, 1.82) is 0 Å². The lowest BCUT2D eigenvalue weighted by Crippen LogP contribution is -2.60. The molecule has 3 rings (SSSR count). The fourth-order valence-electron chi connectivity index (χ4n) is 3.20. The molecule has 0 bridgehead atoms. The number of benzene rings is 1. The number of hydrogen-bond acceptors (Lipinski definition) is 3. The topological polar surface area (TPSA) is 49.4 Å². The number of aryl methyl sites for hydroxylation is 1. The molecule has 4 nitrogen and oxygen atoms in total. The number of thioether (sulfide) groups is 1. The summed E-state index contributed by atoms with van der Waals surface area (Å²) in [5, 5.41) is 3.70. The fourth-order valence-corrected chi connectivity index (χ4v) is 4.55. The predicted octanol–water partition coefficient (Wildman–Crippen LogP) is 2.99. The third kappa shape index (κ3) is 3.89. The second-order valence-electron chi connectivity index (χ2n) is 6.62. The van der Waals surface area contributed by atoms with Crippen LogP contribution in [0.1, 0.15) is 48.5 Å². The maximum absolute atomic E-state index is 12.6. The number of nitrogens with one attached hydrogen (secondary N) is 1. The molecule has 0 unspecified atom stereocenters. The number of rotatable bonds is 4. The minimum Gasteiger partial charge on any atom is -0.346 e. The van der Waals surface area contributed by atoms with Gasteiger partial charge >= 0.3 is 0 Å². The van der Waals surface area contributed by atoms with Crippen molar-refractivity contribution in [3.05, 3.63) is 29.3 Å². The number of carbonyl (C=O) groups excluding carboxylic acids is 2. The number of nitrogens with zero attached hydrogens (tertiary/aromatic N) is 1. The van der Waals surface area contributed by atoms with Gasteiger partial charge in [0, 0.05) is 30.2 Å². The van der Waals surface area contributed by atoms with E-state index in [1.807, 2.05) is 24.8 Å². The molecule has 1 saturated carbocycles. The van der Waals surface area contributed by atoms with Gasteiger partial charge in [0.1, 0.15) is 0 Å². The van der Waals surface area contributed by atoms with Gasteiger partial charge in [-0.25, -0.2) is 0 Å². The van der Waals surface area contributed by atoms with Gasteiger partial charge in [0.05, 0.1) is 11.6 Å². The molecular formula is C18H24N2O2S. The molecule has 1 aromatic rings. The van der Waals surface area contributed by atoms with E-state index in [1.54, 1.807) is 11.8 Å². The quantitative estimate of drug-likeness (QED) is 0.922. The first-order valence-electron chi connectivity index (χ1n) is 8.36. The van der Waals surface area contributed by atoms with Crippen LogP contribution in [0.2, 0.25) is 0 Å². The zero-order valence-corrected chi connectivity index (χ0v) is 14.6. The summed E-state index contributed by atoms with van der Waals surface area (Å²) < 4.78 is 0. The van der Waals surface area contributed by atoms with Crippen molar-refractivity contribution >= 4 is 23.6 Å². The molecule has 0 aromatic heterocycles. The third-order valence-corrected chi connectivity index (χ3v) is 6.05. The Kier molecular flexibility index (Phi) is 4.95. The van der Waals surface area contributed by atoms with Crippen LogP contribution in [0.3, 0.4) is 0 Å². The van der Waals surface area contributed by atoms with Crippen LogP contribution in [0.5, 0.6) is 0 Å². The van der Waals surface area contributed by atoms with Crippen LogP contribution in [-0.2, 0) is 4.79 Å². The maximum Gasteiger partial charge on any atom is 0.252 e. The highest BCUT2D eigenvalue weighted by Gasteiger charge is 2.30. The van der Waals surface area contributed by atoms with Gasteiger partial charge in [-0.3, -0.25) is 9.59 Å². The number of likely N-dealkylation sites (tertiary alicyclic amines) is 1. The zero-order chi connectivity index (χ0) is 16.4. The molecule has 1 heterocycles. The predicted molar refractivity (Wildman–Crippen MR) is 92.8 cm³/mol. The van der Waals surface area contributed by atoms with Gasteiger partial charge in [-0.15, -0.1) is 11.8 Å². The molecular weight excluding hydrogens is 308 g/mol. The van der Waals surface area contributed by atoms with Crippen molar-refractivity contribution in [3.8, 4) is 0 Å². The Morgan fingerprint density at radius 3 is 2.57 bits per heavy atom. The molecule has 1 aromatic carbocycles. The van der Waals surface area contributed by atoms with E-state index in [-0.39, 0.29) is 17.9 Å². The molecule has 0 spiro atoms. The zero-order valence-electron chi connectivity index (χ0n) is 13.8.